The first kappa shape index (κ1) is 11.7. The van der Waals surface area contributed by atoms with Crippen molar-refractivity contribution < 1.29 is 4.79 Å². The van der Waals surface area contributed by atoms with Gasteiger partial charge in [0.2, 0.25) is 0 Å². The smallest absolute Gasteiger partial charge is 0.138 e. The minimum absolute atomic E-state index is 0.223. The van der Waals surface area contributed by atoms with Gasteiger partial charge in [-0.25, -0.2) is 0 Å². The molecule has 0 spiro atoms. The number of ketones is 1. The highest BCUT2D eigenvalue weighted by molar-refractivity contribution is 5.82. The van der Waals surface area contributed by atoms with Crippen LogP contribution in [-0.4, -0.2) is 19.4 Å². The summed E-state index contributed by atoms with van der Waals surface area (Å²) in [5, 5.41) is 3.22. The zero-order valence-corrected chi connectivity index (χ0v) is 9.68. The maximum Gasteiger partial charge on any atom is 0.138 e. The summed E-state index contributed by atoms with van der Waals surface area (Å²) in [4.78, 5) is 11.7. The van der Waals surface area contributed by atoms with Crippen molar-refractivity contribution in [1.29, 1.82) is 0 Å². The second-order valence-corrected chi connectivity index (χ2v) is 4.83. The van der Waals surface area contributed by atoms with E-state index in [1.54, 1.807) is 0 Å². The maximum absolute atomic E-state index is 11.7. The Bertz CT molecular complexity index is 181. The summed E-state index contributed by atoms with van der Waals surface area (Å²) in [7, 11) is 2.01. The minimum Gasteiger partial charge on any atom is -0.319 e. The largest absolute Gasteiger partial charge is 0.319 e. The summed E-state index contributed by atoms with van der Waals surface area (Å²) in [6.45, 7) is 5.15. The van der Waals surface area contributed by atoms with Gasteiger partial charge in [-0.05, 0) is 45.2 Å². The van der Waals surface area contributed by atoms with Crippen molar-refractivity contribution in [2.75, 3.05) is 13.6 Å². The van der Waals surface area contributed by atoms with E-state index in [4.69, 9.17) is 0 Å². The summed E-state index contributed by atoms with van der Waals surface area (Å²) in [5.41, 5.74) is 0. The van der Waals surface area contributed by atoms with Gasteiger partial charge >= 0.3 is 0 Å². The number of rotatable bonds is 4. The van der Waals surface area contributed by atoms with Crippen molar-refractivity contribution >= 4 is 5.78 Å². The molecule has 1 fully saturated rings. The molecule has 0 amide bonds. The van der Waals surface area contributed by atoms with Gasteiger partial charge in [-0.3, -0.25) is 4.79 Å². The van der Waals surface area contributed by atoms with E-state index in [0.717, 1.165) is 25.3 Å². The molecule has 1 saturated carbocycles. The van der Waals surface area contributed by atoms with Crippen LogP contribution in [0.1, 0.15) is 39.5 Å². The van der Waals surface area contributed by atoms with Gasteiger partial charge in [0.05, 0.1) is 0 Å². The summed E-state index contributed by atoms with van der Waals surface area (Å²) < 4.78 is 0. The summed E-state index contributed by atoms with van der Waals surface area (Å²) >= 11 is 0. The highest BCUT2D eigenvalue weighted by atomic mass is 16.1. The zero-order chi connectivity index (χ0) is 10.6. The molecule has 1 aliphatic carbocycles. The number of Topliss-reactive ketones (excluding diaryl/α,β-unsaturated/α-hetero) is 1. The Hall–Kier alpha value is -0.370. The number of hydrogen-bond donors (Lipinski definition) is 1. The van der Waals surface area contributed by atoms with Crippen molar-refractivity contribution in [2.24, 2.45) is 17.8 Å². The van der Waals surface area contributed by atoms with Crippen LogP contribution in [0, 0.1) is 17.8 Å². The third kappa shape index (κ3) is 3.09. The lowest BCUT2D eigenvalue weighted by molar-refractivity contribution is -0.127. The molecule has 0 unspecified atom stereocenters. The van der Waals surface area contributed by atoms with Crippen LogP contribution in [0.25, 0.3) is 0 Å². The first-order valence-electron chi connectivity index (χ1n) is 5.83. The van der Waals surface area contributed by atoms with Gasteiger partial charge in [0, 0.05) is 11.8 Å². The average Bonchev–Trinajstić information content (AvgIpc) is 2.18. The van der Waals surface area contributed by atoms with Crippen molar-refractivity contribution in [3.63, 3.8) is 0 Å². The molecule has 2 nitrogen and oxygen atoms in total. The fraction of sp³-hybridized carbons (Fsp3) is 0.917. The van der Waals surface area contributed by atoms with Crippen molar-refractivity contribution in [2.45, 2.75) is 39.5 Å². The SMILES string of the molecule is CNC[C@H]1CC[C@H](C(=O)C(C)C)CC1. The Labute approximate surface area is 87.5 Å². The maximum atomic E-state index is 11.7. The van der Waals surface area contributed by atoms with Crippen molar-refractivity contribution in [3.8, 4) is 0 Å². The van der Waals surface area contributed by atoms with Gasteiger partial charge in [-0.1, -0.05) is 13.8 Å². The van der Waals surface area contributed by atoms with Crippen LogP contribution in [0.15, 0.2) is 0 Å². The molecular weight excluding hydrogens is 174 g/mol. The van der Waals surface area contributed by atoms with E-state index in [9.17, 15) is 4.79 Å². The molecule has 2 heteroatoms. The van der Waals surface area contributed by atoms with E-state index in [1.807, 2.05) is 20.9 Å². The lowest BCUT2D eigenvalue weighted by atomic mass is 9.78. The lowest BCUT2D eigenvalue weighted by Gasteiger charge is -2.28. The molecule has 0 aromatic rings. The lowest BCUT2D eigenvalue weighted by Crippen LogP contribution is -2.28. The molecule has 14 heavy (non-hydrogen) atoms. The monoisotopic (exact) mass is 197 g/mol. The molecule has 0 heterocycles. The number of carbonyl (C=O) groups is 1. The highest BCUT2D eigenvalue weighted by Crippen LogP contribution is 2.30. The zero-order valence-electron chi connectivity index (χ0n) is 9.68. The van der Waals surface area contributed by atoms with E-state index >= 15 is 0 Å². The molecule has 0 aromatic heterocycles. The molecule has 0 radical (unpaired) electrons. The van der Waals surface area contributed by atoms with Crippen LogP contribution < -0.4 is 5.32 Å². The van der Waals surface area contributed by atoms with E-state index < -0.39 is 0 Å². The van der Waals surface area contributed by atoms with Gasteiger partial charge in [0.1, 0.15) is 5.78 Å². The fourth-order valence-electron chi connectivity index (χ4n) is 2.41. The molecule has 0 saturated heterocycles. The predicted molar refractivity (Wildman–Crippen MR) is 59.2 cm³/mol. The number of carbonyl (C=O) groups excluding carboxylic acids is 1. The molecule has 0 bridgehead atoms. The minimum atomic E-state index is 0.223. The second-order valence-electron chi connectivity index (χ2n) is 4.83. The highest BCUT2D eigenvalue weighted by Gasteiger charge is 2.26. The van der Waals surface area contributed by atoms with Crippen LogP contribution in [-0.2, 0) is 4.79 Å². The van der Waals surface area contributed by atoms with Gasteiger partial charge in [0.25, 0.3) is 0 Å². The molecule has 1 N–H and O–H groups in total. The van der Waals surface area contributed by atoms with Crippen LogP contribution in [0.2, 0.25) is 0 Å². The molecule has 0 aliphatic heterocycles. The molecular formula is C12H23NO. The molecule has 0 atom stereocenters. The van der Waals surface area contributed by atoms with Gasteiger partial charge in [-0.15, -0.1) is 0 Å². The molecule has 82 valence electrons. The summed E-state index contributed by atoms with van der Waals surface area (Å²) in [6, 6.07) is 0. The van der Waals surface area contributed by atoms with E-state index in [1.165, 1.54) is 12.8 Å². The van der Waals surface area contributed by atoms with Crippen LogP contribution in [0.4, 0.5) is 0 Å². The third-order valence-corrected chi connectivity index (χ3v) is 3.31. The molecule has 1 rings (SSSR count). The van der Waals surface area contributed by atoms with E-state index in [-0.39, 0.29) is 5.92 Å². The number of nitrogens with one attached hydrogen (secondary N) is 1. The first-order chi connectivity index (χ1) is 6.65. The van der Waals surface area contributed by atoms with Gasteiger partial charge < -0.3 is 5.32 Å². The van der Waals surface area contributed by atoms with Crippen molar-refractivity contribution in [3.05, 3.63) is 0 Å². The Morgan fingerprint density at radius 3 is 2.29 bits per heavy atom. The Balaban J connectivity index is 2.32. The third-order valence-electron chi connectivity index (χ3n) is 3.31. The number of hydrogen-bond acceptors (Lipinski definition) is 2. The van der Waals surface area contributed by atoms with Crippen LogP contribution >= 0.6 is 0 Å². The second kappa shape index (κ2) is 5.50. The van der Waals surface area contributed by atoms with Gasteiger partial charge in [0.15, 0.2) is 0 Å². The van der Waals surface area contributed by atoms with E-state index in [0.29, 0.717) is 11.7 Å². The fourth-order valence-corrected chi connectivity index (χ4v) is 2.41. The van der Waals surface area contributed by atoms with Crippen molar-refractivity contribution in [1.82, 2.24) is 5.32 Å². The summed E-state index contributed by atoms with van der Waals surface area (Å²) in [6.07, 6.45) is 4.68. The Morgan fingerprint density at radius 1 is 1.29 bits per heavy atom. The Kier molecular flexibility index (Phi) is 4.59. The Morgan fingerprint density at radius 2 is 1.86 bits per heavy atom. The molecule has 1 aliphatic rings. The normalized spacial score (nSPS) is 28.0. The van der Waals surface area contributed by atoms with Crippen LogP contribution in [0.5, 0.6) is 0 Å². The average molecular weight is 197 g/mol. The quantitative estimate of drug-likeness (QED) is 0.749. The first-order valence-corrected chi connectivity index (χ1v) is 5.83. The molecule has 0 aromatic carbocycles. The van der Waals surface area contributed by atoms with E-state index in [2.05, 4.69) is 5.32 Å². The van der Waals surface area contributed by atoms with Crippen LogP contribution in [0.3, 0.4) is 0 Å². The van der Waals surface area contributed by atoms with Gasteiger partial charge in [-0.2, -0.15) is 0 Å². The summed E-state index contributed by atoms with van der Waals surface area (Å²) in [5.74, 6) is 1.87. The topological polar surface area (TPSA) is 29.1 Å². The standard InChI is InChI=1S/C12H23NO/c1-9(2)12(14)11-6-4-10(5-7-11)8-13-3/h9-11,13H,4-8H2,1-3H3/t10-,11-. The predicted octanol–water partition coefficient (Wildman–Crippen LogP) is 2.24.